The van der Waals surface area contributed by atoms with Gasteiger partial charge in [0.2, 0.25) is 5.09 Å². The highest BCUT2D eigenvalue weighted by molar-refractivity contribution is 7.89. The molecule has 0 radical (unpaired) electrons. The lowest BCUT2D eigenvalue weighted by atomic mass is 9.78. The van der Waals surface area contributed by atoms with Crippen LogP contribution in [0.3, 0.4) is 0 Å². The first-order valence-corrected chi connectivity index (χ1v) is 10.2. The van der Waals surface area contributed by atoms with E-state index >= 15 is 0 Å². The van der Waals surface area contributed by atoms with Crippen molar-refractivity contribution in [2.75, 3.05) is 13.1 Å². The van der Waals surface area contributed by atoms with Crippen molar-refractivity contribution >= 4 is 15.9 Å². The number of sulfonamides is 1. The third-order valence-electron chi connectivity index (χ3n) is 5.49. The van der Waals surface area contributed by atoms with Gasteiger partial charge in [-0.2, -0.15) is 4.31 Å². The lowest BCUT2D eigenvalue weighted by molar-refractivity contribution is 0.0857. The summed E-state index contributed by atoms with van der Waals surface area (Å²) in [6.45, 7) is 5.39. The Bertz CT molecular complexity index is 691. The number of rotatable bonds is 4. The van der Waals surface area contributed by atoms with Gasteiger partial charge in [-0.15, -0.1) is 0 Å². The molecule has 2 aliphatic rings. The van der Waals surface area contributed by atoms with Gasteiger partial charge in [0.25, 0.3) is 15.9 Å². The molecule has 0 bridgehead atoms. The van der Waals surface area contributed by atoms with Crippen LogP contribution in [0.2, 0.25) is 0 Å². The van der Waals surface area contributed by atoms with Gasteiger partial charge in [0, 0.05) is 19.1 Å². The van der Waals surface area contributed by atoms with Crippen LogP contribution >= 0.6 is 0 Å². The van der Waals surface area contributed by atoms with E-state index in [0.717, 1.165) is 25.7 Å². The minimum Gasteiger partial charge on any atom is -0.438 e. The first-order valence-electron chi connectivity index (χ1n) is 8.80. The maximum atomic E-state index is 12.5. The number of nitrogens with zero attached hydrogens (tertiary/aromatic N) is 1. The molecule has 1 aromatic rings. The first-order chi connectivity index (χ1) is 11.4. The van der Waals surface area contributed by atoms with Gasteiger partial charge in [-0.05, 0) is 43.2 Å². The third kappa shape index (κ3) is 3.37. The SMILES string of the molecule is C[C@@H]1[C@H](C)CCC[C@@H]1NC(=O)c1ccc(S(=O)(=O)N2CCCC2)o1. The lowest BCUT2D eigenvalue weighted by Crippen LogP contribution is -2.43. The molecule has 24 heavy (non-hydrogen) atoms. The molecule has 1 N–H and O–H groups in total. The fourth-order valence-electron chi connectivity index (χ4n) is 3.66. The fourth-order valence-corrected chi connectivity index (χ4v) is 5.09. The zero-order valence-electron chi connectivity index (χ0n) is 14.3. The average molecular weight is 354 g/mol. The van der Waals surface area contributed by atoms with E-state index in [-0.39, 0.29) is 22.8 Å². The molecule has 1 aromatic heterocycles. The molecule has 0 spiro atoms. The molecule has 1 aliphatic carbocycles. The summed E-state index contributed by atoms with van der Waals surface area (Å²) >= 11 is 0. The van der Waals surface area contributed by atoms with Crippen LogP contribution < -0.4 is 5.32 Å². The molecular weight excluding hydrogens is 328 g/mol. The normalized spacial score (nSPS) is 28.8. The summed E-state index contributed by atoms with van der Waals surface area (Å²) in [4.78, 5) is 12.4. The van der Waals surface area contributed by atoms with Crippen LogP contribution in [0.15, 0.2) is 21.6 Å². The van der Waals surface area contributed by atoms with E-state index in [9.17, 15) is 13.2 Å². The van der Waals surface area contributed by atoms with Gasteiger partial charge in [-0.1, -0.05) is 26.7 Å². The summed E-state index contributed by atoms with van der Waals surface area (Å²) < 4.78 is 31.7. The molecule has 1 saturated carbocycles. The lowest BCUT2D eigenvalue weighted by Gasteiger charge is -2.34. The number of carbonyl (C=O) groups excluding carboxylic acids is 1. The summed E-state index contributed by atoms with van der Waals surface area (Å²) in [6, 6.07) is 2.95. The van der Waals surface area contributed by atoms with Crippen LogP contribution in [-0.2, 0) is 10.0 Å². The van der Waals surface area contributed by atoms with E-state index in [1.54, 1.807) is 0 Å². The van der Waals surface area contributed by atoms with Crippen molar-refractivity contribution in [3.8, 4) is 0 Å². The van der Waals surface area contributed by atoms with Crippen LogP contribution in [0.25, 0.3) is 0 Å². The van der Waals surface area contributed by atoms with Crippen LogP contribution in [-0.4, -0.2) is 37.8 Å². The monoisotopic (exact) mass is 354 g/mol. The van der Waals surface area contributed by atoms with Crippen molar-refractivity contribution in [1.29, 1.82) is 0 Å². The van der Waals surface area contributed by atoms with Crippen LogP contribution in [0.1, 0.15) is 56.5 Å². The molecule has 2 fully saturated rings. The molecule has 0 unspecified atom stereocenters. The maximum Gasteiger partial charge on any atom is 0.287 e. The molecule has 0 aromatic carbocycles. The van der Waals surface area contributed by atoms with Gasteiger partial charge in [0.05, 0.1) is 0 Å². The predicted molar refractivity (Wildman–Crippen MR) is 90.1 cm³/mol. The smallest absolute Gasteiger partial charge is 0.287 e. The number of nitrogens with one attached hydrogen (secondary N) is 1. The number of carbonyl (C=O) groups is 1. The number of hydrogen-bond acceptors (Lipinski definition) is 4. The largest absolute Gasteiger partial charge is 0.438 e. The van der Waals surface area contributed by atoms with E-state index < -0.39 is 10.0 Å². The number of hydrogen-bond donors (Lipinski definition) is 1. The van der Waals surface area contributed by atoms with Crippen LogP contribution in [0, 0.1) is 11.8 Å². The molecular formula is C17H26N2O4S. The zero-order valence-corrected chi connectivity index (χ0v) is 15.1. The first kappa shape index (κ1) is 17.5. The molecule has 3 rings (SSSR count). The van der Waals surface area contributed by atoms with Crippen molar-refractivity contribution < 1.29 is 17.6 Å². The van der Waals surface area contributed by atoms with Crippen molar-refractivity contribution in [2.45, 2.75) is 57.1 Å². The quantitative estimate of drug-likeness (QED) is 0.901. The van der Waals surface area contributed by atoms with Gasteiger partial charge in [-0.3, -0.25) is 4.79 Å². The Labute approximate surface area is 143 Å². The van der Waals surface area contributed by atoms with Gasteiger partial charge in [-0.25, -0.2) is 8.42 Å². The Kier molecular flexibility index (Phi) is 5.01. The Balaban J connectivity index is 1.69. The molecule has 2 heterocycles. The van der Waals surface area contributed by atoms with Crippen molar-refractivity contribution in [3.63, 3.8) is 0 Å². The van der Waals surface area contributed by atoms with Gasteiger partial charge in [0.1, 0.15) is 0 Å². The standard InChI is InChI=1S/C17H26N2O4S/c1-12-6-5-7-14(13(12)2)18-17(20)15-8-9-16(23-15)24(21,22)19-10-3-4-11-19/h8-9,12-14H,3-7,10-11H2,1-2H3,(H,18,20)/t12-,13-,14+/m1/s1. The predicted octanol–water partition coefficient (Wildman–Crippen LogP) is 2.62. The minimum absolute atomic E-state index is 0.0678. The molecule has 6 nitrogen and oxygen atoms in total. The second kappa shape index (κ2) is 6.88. The molecule has 3 atom stereocenters. The summed E-state index contributed by atoms with van der Waals surface area (Å²) in [5.74, 6) is 0.722. The van der Waals surface area contributed by atoms with E-state index in [2.05, 4.69) is 19.2 Å². The Morgan fingerprint density at radius 2 is 1.88 bits per heavy atom. The third-order valence-corrected chi connectivity index (χ3v) is 7.26. The second-order valence-electron chi connectivity index (χ2n) is 7.08. The van der Waals surface area contributed by atoms with Crippen molar-refractivity contribution in [2.24, 2.45) is 11.8 Å². The summed E-state index contributed by atoms with van der Waals surface area (Å²) in [7, 11) is -3.62. The van der Waals surface area contributed by atoms with E-state index in [1.807, 2.05) is 0 Å². The highest BCUT2D eigenvalue weighted by Gasteiger charge is 2.32. The number of amides is 1. The van der Waals surface area contributed by atoms with E-state index in [1.165, 1.54) is 22.9 Å². The van der Waals surface area contributed by atoms with Crippen LogP contribution in [0.4, 0.5) is 0 Å². The summed E-state index contributed by atoms with van der Waals surface area (Å²) in [5.41, 5.74) is 0. The topological polar surface area (TPSA) is 79.6 Å². The Morgan fingerprint density at radius 3 is 2.58 bits per heavy atom. The minimum atomic E-state index is -3.62. The zero-order chi connectivity index (χ0) is 17.3. The van der Waals surface area contributed by atoms with E-state index in [4.69, 9.17) is 4.42 Å². The maximum absolute atomic E-state index is 12.5. The molecule has 134 valence electrons. The average Bonchev–Trinajstić information content (AvgIpc) is 3.22. The molecule has 7 heteroatoms. The summed E-state index contributed by atoms with van der Waals surface area (Å²) in [6.07, 6.45) is 4.97. The molecule has 1 amide bonds. The second-order valence-corrected chi connectivity index (χ2v) is 8.95. The highest BCUT2D eigenvalue weighted by atomic mass is 32.2. The fraction of sp³-hybridized carbons (Fsp3) is 0.706. The highest BCUT2D eigenvalue weighted by Crippen LogP contribution is 2.30. The molecule has 1 aliphatic heterocycles. The Morgan fingerprint density at radius 1 is 1.17 bits per heavy atom. The van der Waals surface area contributed by atoms with Gasteiger partial charge < -0.3 is 9.73 Å². The van der Waals surface area contributed by atoms with Crippen LogP contribution in [0.5, 0.6) is 0 Å². The van der Waals surface area contributed by atoms with Gasteiger partial charge >= 0.3 is 0 Å². The summed E-state index contributed by atoms with van der Waals surface area (Å²) in [5, 5.41) is 2.87. The Hall–Kier alpha value is -1.34. The van der Waals surface area contributed by atoms with Crippen molar-refractivity contribution in [1.82, 2.24) is 9.62 Å². The molecule has 1 saturated heterocycles. The number of furan rings is 1. The van der Waals surface area contributed by atoms with Gasteiger partial charge in [0.15, 0.2) is 5.76 Å². The van der Waals surface area contributed by atoms with E-state index in [0.29, 0.717) is 24.9 Å². The van der Waals surface area contributed by atoms with Crippen molar-refractivity contribution in [3.05, 3.63) is 17.9 Å².